The van der Waals surface area contributed by atoms with Crippen molar-refractivity contribution in [3.8, 4) is 0 Å². The summed E-state index contributed by atoms with van der Waals surface area (Å²) in [4.78, 5) is 0. The smallest absolute Gasteiger partial charge is 0.154 e. The molecule has 1 aliphatic rings. The summed E-state index contributed by atoms with van der Waals surface area (Å²) >= 11 is 0. The lowest BCUT2D eigenvalue weighted by Crippen LogP contribution is -2.56. The van der Waals surface area contributed by atoms with E-state index in [0.29, 0.717) is 0 Å². The Morgan fingerprint density at radius 1 is 1.45 bits per heavy atom. The highest BCUT2D eigenvalue weighted by Gasteiger charge is 2.49. The lowest BCUT2D eigenvalue weighted by Gasteiger charge is -2.43. The van der Waals surface area contributed by atoms with Gasteiger partial charge in [-0.05, 0) is 19.8 Å². The van der Waals surface area contributed by atoms with Crippen molar-refractivity contribution in [2.45, 2.75) is 37.0 Å². The van der Waals surface area contributed by atoms with Crippen molar-refractivity contribution in [1.29, 1.82) is 0 Å². The molecular formula is C7H15NO2S. The van der Waals surface area contributed by atoms with Crippen LogP contribution < -0.4 is 5.73 Å². The number of hydrogen-bond donors (Lipinski definition) is 1. The molecule has 0 radical (unpaired) electrons. The molecule has 0 aromatic carbocycles. The molecule has 0 spiro atoms. The molecule has 0 aromatic rings. The molecule has 0 saturated heterocycles. The van der Waals surface area contributed by atoms with Gasteiger partial charge in [-0.15, -0.1) is 0 Å². The van der Waals surface area contributed by atoms with Gasteiger partial charge < -0.3 is 5.73 Å². The van der Waals surface area contributed by atoms with Crippen LogP contribution in [0.5, 0.6) is 0 Å². The zero-order valence-electron chi connectivity index (χ0n) is 7.00. The van der Waals surface area contributed by atoms with Crippen LogP contribution in [-0.2, 0) is 9.84 Å². The predicted molar refractivity (Wildman–Crippen MR) is 45.1 cm³/mol. The van der Waals surface area contributed by atoms with E-state index in [1.54, 1.807) is 6.92 Å². The third-order valence-corrected chi connectivity index (χ3v) is 5.03. The molecule has 0 aliphatic heterocycles. The maximum absolute atomic E-state index is 11.3. The normalized spacial score (nSPS) is 25.7. The fourth-order valence-electron chi connectivity index (χ4n) is 1.69. The second kappa shape index (κ2) is 2.45. The molecule has 66 valence electrons. The fourth-order valence-corrected chi connectivity index (χ4v) is 3.39. The minimum Gasteiger partial charge on any atom is -0.327 e. The molecular weight excluding hydrogens is 162 g/mol. The Balaban J connectivity index is 2.95. The topological polar surface area (TPSA) is 60.2 Å². The van der Waals surface area contributed by atoms with Crippen molar-refractivity contribution >= 4 is 9.84 Å². The number of nitrogens with two attached hydrogens (primary N) is 1. The van der Waals surface area contributed by atoms with E-state index >= 15 is 0 Å². The summed E-state index contributed by atoms with van der Waals surface area (Å²) in [5, 5.41) is 0. The standard InChI is InChI=1S/C7H15NO2S/c1-6(8)7(4-3-5-7)11(2,9)10/h6H,3-5,8H2,1-2H3. The van der Waals surface area contributed by atoms with Gasteiger partial charge in [0.15, 0.2) is 9.84 Å². The van der Waals surface area contributed by atoms with Crippen LogP contribution in [0.15, 0.2) is 0 Å². The summed E-state index contributed by atoms with van der Waals surface area (Å²) in [5.41, 5.74) is 5.64. The monoisotopic (exact) mass is 177 g/mol. The largest absolute Gasteiger partial charge is 0.327 e. The summed E-state index contributed by atoms with van der Waals surface area (Å²) in [5.74, 6) is 0. The second-order valence-electron chi connectivity index (χ2n) is 3.48. The first kappa shape index (κ1) is 9.00. The quantitative estimate of drug-likeness (QED) is 0.660. The van der Waals surface area contributed by atoms with E-state index in [-0.39, 0.29) is 6.04 Å². The molecule has 2 N–H and O–H groups in total. The predicted octanol–water partition coefficient (Wildman–Crippen LogP) is 0.301. The third-order valence-electron chi connectivity index (χ3n) is 2.77. The number of hydrogen-bond acceptors (Lipinski definition) is 3. The third kappa shape index (κ3) is 1.18. The lowest BCUT2D eigenvalue weighted by atomic mass is 9.79. The van der Waals surface area contributed by atoms with Crippen LogP contribution in [-0.4, -0.2) is 25.5 Å². The van der Waals surface area contributed by atoms with Crippen molar-refractivity contribution in [2.75, 3.05) is 6.26 Å². The minimum atomic E-state index is -2.95. The van der Waals surface area contributed by atoms with E-state index in [4.69, 9.17) is 5.73 Å². The molecule has 0 aromatic heterocycles. The summed E-state index contributed by atoms with van der Waals surface area (Å²) in [6.07, 6.45) is 3.76. The molecule has 0 bridgehead atoms. The first-order chi connectivity index (χ1) is 4.90. The van der Waals surface area contributed by atoms with E-state index in [0.717, 1.165) is 19.3 Å². The molecule has 11 heavy (non-hydrogen) atoms. The SMILES string of the molecule is CC(N)C1(S(C)(=O)=O)CCC1. The minimum absolute atomic E-state index is 0.230. The van der Waals surface area contributed by atoms with Crippen molar-refractivity contribution in [2.24, 2.45) is 5.73 Å². The fraction of sp³-hybridized carbons (Fsp3) is 1.00. The molecule has 1 rings (SSSR count). The van der Waals surface area contributed by atoms with Crippen LogP contribution in [0.4, 0.5) is 0 Å². The zero-order chi connectivity index (χ0) is 8.70. The van der Waals surface area contributed by atoms with Gasteiger partial charge in [-0.25, -0.2) is 8.42 Å². The van der Waals surface area contributed by atoms with Crippen LogP contribution in [0.25, 0.3) is 0 Å². The van der Waals surface area contributed by atoms with Gasteiger partial charge in [0.2, 0.25) is 0 Å². The van der Waals surface area contributed by atoms with Gasteiger partial charge in [0.1, 0.15) is 0 Å². The highest BCUT2D eigenvalue weighted by atomic mass is 32.2. The molecule has 0 heterocycles. The van der Waals surface area contributed by atoms with Gasteiger partial charge in [0, 0.05) is 12.3 Å². The van der Waals surface area contributed by atoms with Gasteiger partial charge in [-0.2, -0.15) is 0 Å². The number of sulfone groups is 1. The average Bonchev–Trinajstić information content (AvgIpc) is 1.52. The van der Waals surface area contributed by atoms with Crippen molar-refractivity contribution < 1.29 is 8.42 Å². The van der Waals surface area contributed by atoms with Crippen molar-refractivity contribution in [3.63, 3.8) is 0 Å². The average molecular weight is 177 g/mol. The van der Waals surface area contributed by atoms with Crippen LogP contribution in [0.1, 0.15) is 26.2 Å². The summed E-state index contributed by atoms with van der Waals surface area (Å²) in [6.45, 7) is 1.78. The van der Waals surface area contributed by atoms with Gasteiger partial charge in [0.05, 0.1) is 4.75 Å². The molecule has 4 heteroatoms. The second-order valence-corrected chi connectivity index (χ2v) is 5.84. The maximum Gasteiger partial charge on any atom is 0.154 e. The molecule has 3 nitrogen and oxygen atoms in total. The van der Waals surface area contributed by atoms with E-state index in [9.17, 15) is 8.42 Å². The Bertz CT molecular complexity index is 239. The molecule has 1 atom stereocenters. The molecule has 0 amide bonds. The zero-order valence-corrected chi connectivity index (χ0v) is 7.82. The molecule has 1 saturated carbocycles. The lowest BCUT2D eigenvalue weighted by molar-refractivity contribution is 0.298. The first-order valence-electron chi connectivity index (χ1n) is 3.85. The van der Waals surface area contributed by atoms with Crippen LogP contribution in [0, 0.1) is 0 Å². The number of rotatable bonds is 2. The van der Waals surface area contributed by atoms with Crippen LogP contribution >= 0.6 is 0 Å². The van der Waals surface area contributed by atoms with E-state index < -0.39 is 14.6 Å². The Kier molecular flexibility index (Phi) is 2.01. The Morgan fingerprint density at radius 3 is 1.91 bits per heavy atom. The summed E-state index contributed by atoms with van der Waals surface area (Å²) in [6, 6.07) is -0.230. The maximum atomic E-state index is 11.3. The molecule has 1 fully saturated rings. The van der Waals surface area contributed by atoms with Gasteiger partial charge >= 0.3 is 0 Å². The molecule has 1 aliphatic carbocycles. The summed E-state index contributed by atoms with van der Waals surface area (Å²) < 4.78 is 22.0. The van der Waals surface area contributed by atoms with Crippen LogP contribution in [0.3, 0.4) is 0 Å². The van der Waals surface area contributed by atoms with Crippen molar-refractivity contribution in [3.05, 3.63) is 0 Å². The molecule has 1 unspecified atom stereocenters. The van der Waals surface area contributed by atoms with Gasteiger partial charge in [-0.3, -0.25) is 0 Å². The van der Waals surface area contributed by atoms with Crippen LogP contribution in [0.2, 0.25) is 0 Å². The highest BCUT2D eigenvalue weighted by Crippen LogP contribution is 2.40. The highest BCUT2D eigenvalue weighted by molar-refractivity contribution is 7.92. The Morgan fingerprint density at radius 2 is 1.91 bits per heavy atom. The Labute approximate surface area is 67.9 Å². The van der Waals surface area contributed by atoms with E-state index in [1.807, 2.05) is 0 Å². The van der Waals surface area contributed by atoms with E-state index in [1.165, 1.54) is 6.26 Å². The van der Waals surface area contributed by atoms with Gasteiger partial charge in [0.25, 0.3) is 0 Å². The van der Waals surface area contributed by atoms with Gasteiger partial charge in [-0.1, -0.05) is 6.42 Å². The van der Waals surface area contributed by atoms with E-state index in [2.05, 4.69) is 0 Å². The Hall–Kier alpha value is -0.0900. The summed E-state index contributed by atoms with van der Waals surface area (Å²) in [7, 11) is -2.95. The van der Waals surface area contributed by atoms with Crippen molar-refractivity contribution in [1.82, 2.24) is 0 Å². The first-order valence-corrected chi connectivity index (χ1v) is 5.74.